The van der Waals surface area contributed by atoms with Gasteiger partial charge in [0, 0.05) is 0 Å². The maximum absolute atomic E-state index is 2.39. The Morgan fingerprint density at radius 2 is 1.06 bits per heavy atom. The first-order valence-electron chi connectivity index (χ1n) is 13.1. The van der Waals surface area contributed by atoms with Crippen LogP contribution in [0, 0.1) is 23.7 Å². The van der Waals surface area contributed by atoms with Crippen molar-refractivity contribution in [3.05, 3.63) is 60.7 Å². The zero-order chi connectivity index (χ0) is 22.1. The molecule has 2 heteroatoms. The van der Waals surface area contributed by atoms with E-state index in [4.69, 9.17) is 0 Å². The molecule has 0 amide bonds. The van der Waals surface area contributed by atoms with Crippen LogP contribution in [0.1, 0.15) is 72.1 Å². The van der Waals surface area contributed by atoms with Crippen LogP contribution in [0.2, 0.25) is 10.4 Å². The molecule has 2 aromatic rings. The molecule has 4 fully saturated rings. The molecule has 0 spiro atoms. The molecule has 32 heavy (non-hydrogen) atoms. The molecule has 6 rings (SSSR count). The van der Waals surface area contributed by atoms with Crippen molar-refractivity contribution in [2.75, 3.05) is 0 Å². The third kappa shape index (κ3) is 5.54. The fourth-order valence-corrected chi connectivity index (χ4v) is 27.1. The van der Waals surface area contributed by atoms with Crippen LogP contribution in [0.25, 0.3) is 0 Å². The van der Waals surface area contributed by atoms with Gasteiger partial charge in [0.25, 0.3) is 0 Å². The van der Waals surface area contributed by atoms with E-state index in [1.165, 1.54) is 30.9 Å². The van der Waals surface area contributed by atoms with Gasteiger partial charge < -0.3 is 0 Å². The Bertz CT molecular complexity index is 790. The molecule has 6 atom stereocenters. The zero-order valence-electron chi connectivity index (χ0n) is 20.3. The van der Waals surface area contributed by atoms with Gasteiger partial charge in [0.15, 0.2) is 0 Å². The topological polar surface area (TPSA) is 0 Å². The molecule has 1 radical (unpaired) electrons. The Morgan fingerprint density at radius 1 is 0.625 bits per heavy atom. The molecule has 0 nitrogen and oxygen atoms in total. The summed E-state index contributed by atoms with van der Waals surface area (Å²) in [4.78, 5) is 0. The summed E-state index contributed by atoms with van der Waals surface area (Å²) >= 11 is -1.97. The van der Waals surface area contributed by atoms with E-state index in [9.17, 15) is 0 Å². The van der Waals surface area contributed by atoms with Gasteiger partial charge >= 0.3 is 218 Å². The number of hydrogen-bond donors (Lipinski definition) is 0. The van der Waals surface area contributed by atoms with Crippen LogP contribution in [0.3, 0.4) is 0 Å². The van der Waals surface area contributed by atoms with Gasteiger partial charge in [0.2, 0.25) is 0 Å². The summed E-state index contributed by atoms with van der Waals surface area (Å²) in [6, 6.07) is 22.2. The normalized spacial score (nSPS) is 32.9. The third-order valence-electron chi connectivity index (χ3n) is 8.48. The van der Waals surface area contributed by atoms with Crippen molar-refractivity contribution in [1.29, 1.82) is 0 Å². The molecule has 0 aliphatic heterocycles. The molecule has 4 saturated carbocycles. The van der Waals surface area contributed by atoms with Crippen LogP contribution < -0.4 is 6.54 Å². The Balaban J connectivity index is 0.000000136. The molecule has 0 heterocycles. The predicted molar refractivity (Wildman–Crippen MR) is 142 cm³/mol. The van der Waals surface area contributed by atoms with Gasteiger partial charge in [-0.15, -0.1) is 0 Å². The summed E-state index contributed by atoms with van der Waals surface area (Å²) in [6.07, 6.45) is 13.2. The summed E-state index contributed by atoms with van der Waals surface area (Å²) in [5.41, 5.74) is 0. The molecule has 6 unspecified atom stereocenters. The van der Waals surface area contributed by atoms with Crippen LogP contribution in [-0.2, 0) is 0 Å². The molecular weight excluding hydrogens is 778 g/mol. The number of benzene rings is 2. The van der Waals surface area contributed by atoms with E-state index in [0.717, 1.165) is 0 Å². The van der Waals surface area contributed by atoms with E-state index in [-0.39, 0.29) is 23.2 Å². The van der Waals surface area contributed by atoms with Gasteiger partial charge in [-0.1, -0.05) is 0 Å². The molecular formula is C30H41Bi2. The summed E-state index contributed by atoms with van der Waals surface area (Å²) in [7, 11) is 0. The number of hydrogen-bond acceptors (Lipinski definition) is 0. The van der Waals surface area contributed by atoms with E-state index < -0.39 is 21.8 Å². The van der Waals surface area contributed by atoms with Crippen LogP contribution >= 0.6 is 0 Å². The van der Waals surface area contributed by atoms with Crippen molar-refractivity contribution in [2.24, 2.45) is 23.7 Å². The monoisotopic (exact) mass is 819 g/mol. The fourth-order valence-electron chi connectivity index (χ4n) is 7.11. The number of fused-ring (bicyclic) bond motifs is 4. The van der Waals surface area contributed by atoms with Crippen molar-refractivity contribution < 1.29 is 0 Å². The molecule has 4 bridgehead atoms. The Hall–Kier alpha value is 0.206. The van der Waals surface area contributed by atoms with E-state index in [2.05, 4.69) is 81.4 Å². The number of rotatable bonds is 4. The van der Waals surface area contributed by atoms with E-state index in [1.807, 2.05) is 0 Å². The minimum atomic E-state index is -1.88. The summed E-state index contributed by atoms with van der Waals surface area (Å²) in [5, 5.41) is 0. The van der Waals surface area contributed by atoms with Gasteiger partial charge in [-0.05, 0) is 0 Å². The van der Waals surface area contributed by atoms with Crippen LogP contribution in [0.5, 0.6) is 0 Å². The van der Waals surface area contributed by atoms with Crippen molar-refractivity contribution >= 4 is 51.5 Å². The average molecular weight is 820 g/mol. The second-order valence-corrected chi connectivity index (χ2v) is 30.0. The first-order valence-corrected chi connectivity index (χ1v) is 22.3. The SMILES string of the molecule is C1CC2CC1C[CH]2[Bi][CH]1CC2CCC1C2.C[C](C)(C)[Bi]([c]1ccccc1)[c]1ccccc1. The summed E-state index contributed by atoms with van der Waals surface area (Å²) < 4.78 is 6.33. The van der Waals surface area contributed by atoms with Gasteiger partial charge in [-0.3, -0.25) is 0 Å². The Labute approximate surface area is 216 Å². The van der Waals surface area contributed by atoms with Gasteiger partial charge in [-0.2, -0.15) is 0 Å². The van der Waals surface area contributed by atoms with Crippen molar-refractivity contribution in [3.8, 4) is 0 Å². The van der Waals surface area contributed by atoms with Gasteiger partial charge in [0.05, 0.1) is 0 Å². The summed E-state index contributed by atoms with van der Waals surface area (Å²) in [6.45, 7) is 7.18. The third-order valence-corrected chi connectivity index (χ3v) is 27.9. The Morgan fingerprint density at radius 3 is 1.38 bits per heavy atom. The van der Waals surface area contributed by atoms with Crippen LogP contribution in [0.15, 0.2) is 60.7 Å². The zero-order valence-corrected chi connectivity index (χ0v) is 27.2. The predicted octanol–water partition coefficient (Wildman–Crippen LogP) is 7.00. The van der Waals surface area contributed by atoms with Crippen molar-refractivity contribution in [2.45, 2.75) is 82.5 Å². The summed E-state index contributed by atoms with van der Waals surface area (Å²) in [5.74, 6) is 4.93. The molecule has 0 aromatic heterocycles. The minimum absolute atomic E-state index is 0.0917. The molecule has 0 saturated heterocycles. The Kier molecular flexibility index (Phi) is 7.81. The van der Waals surface area contributed by atoms with Crippen LogP contribution in [-0.4, -0.2) is 45.0 Å². The average Bonchev–Trinajstić information content (AvgIpc) is 3.57. The van der Waals surface area contributed by atoms with Crippen molar-refractivity contribution in [3.63, 3.8) is 0 Å². The first-order chi connectivity index (χ1) is 15.5. The second kappa shape index (κ2) is 10.4. The fraction of sp³-hybridized carbons (Fsp3) is 0.600. The molecule has 4 aliphatic carbocycles. The second-order valence-electron chi connectivity index (χ2n) is 11.8. The standard InChI is InChI=1S/2C7H11.2C6H5.C4H9.2Bi/c2*1-2-7-4-3-6(1)5-7;2*1-2-4-6-5-3-1;1-4(2)3;;/h2*1,6-7H,2-5H2;2*1-5H;1-3H3;;. The molecule has 2 aromatic carbocycles. The van der Waals surface area contributed by atoms with E-state index >= 15 is 0 Å². The van der Waals surface area contributed by atoms with Gasteiger partial charge in [-0.25, -0.2) is 0 Å². The van der Waals surface area contributed by atoms with E-state index in [1.54, 1.807) is 57.9 Å². The molecule has 171 valence electrons. The molecule has 0 N–H and O–H groups in total. The van der Waals surface area contributed by atoms with E-state index in [0.29, 0.717) is 3.12 Å². The molecule has 4 aliphatic rings. The quantitative estimate of drug-likeness (QED) is 0.292. The van der Waals surface area contributed by atoms with Gasteiger partial charge in [0.1, 0.15) is 0 Å². The maximum atomic E-state index is 2.39. The van der Waals surface area contributed by atoms with Crippen molar-refractivity contribution in [1.82, 2.24) is 0 Å². The first kappa shape index (κ1) is 23.9. The van der Waals surface area contributed by atoms with Crippen LogP contribution in [0.4, 0.5) is 0 Å².